The molecule has 0 fully saturated rings. The summed E-state index contributed by atoms with van der Waals surface area (Å²) in [5, 5.41) is 0. The van der Waals surface area contributed by atoms with Gasteiger partial charge in [0.1, 0.15) is 5.82 Å². The summed E-state index contributed by atoms with van der Waals surface area (Å²) in [6, 6.07) is 5.25. The fraction of sp³-hybridized carbons (Fsp3) is 0.571. The van der Waals surface area contributed by atoms with Crippen LogP contribution in [0, 0.1) is 5.82 Å². The van der Waals surface area contributed by atoms with Gasteiger partial charge in [0, 0.05) is 0 Å². The number of halogens is 1. The molecule has 15 heavy (non-hydrogen) atoms. The smallest absolute Gasteiger partial charge is 0.123 e. The molecule has 0 aromatic heterocycles. The maximum absolute atomic E-state index is 13.1. The minimum Gasteiger partial charge on any atom is -0.207 e. The minimum absolute atomic E-state index is 0.0960. The van der Waals surface area contributed by atoms with E-state index in [0.717, 1.165) is 19.3 Å². The van der Waals surface area contributed by atoms with Crippen molar-refractivity contribution < 1.29 is 4.39 Å². The maximum Gasteiger partial charge on any atom is 0.123 e. The Morgan fingerprint density at radius 2 is 1.53 bits per heavy atom. The summed E-state index contributed by atoms with van der Waals surface area (Å²) >= 11 is 0. The van der Waals surface area contributed by atoms with Crippen LogP contribution in [0.15, 0.2) is 18.2 Å². The van der Waals surface area contributed by atoms with Crippen LogP contribution < -0.4 is 0 Å². The number of unbranched alkanes of at least 4 members (excludes halogenated alkanes) is 2. The van der Waals surface area contributed by atoms with Gasteiger partial charge in [-0.2, -0.15) is 0 Å². The highest BCUT2D eigenvalue weighted by Crippen LogP contribution is 2.16. The van der Waals surface area contributed by atoms with Gasteiger partial charge in [0.05, 0.1) is 0 Å². The highest BCUT2D eigenvalue weighted by atomic mass is 19.1. The Balaban J connectivity index is 2.73. The first kappa shape index (κ1) is 12.2. The SMILES string of the molecule is CCCCc1ccc(F)cc1CCCC. The number of hydrogen-bond acceptors (Lipinski definition) is 0. The van der Waals surface area contributed by atoms with Gasteiger partial charge < -0.3 is 0 Å². The predicted molar refractivity (Wildman–Crippen MR) is 63.6 cm³/mol. The molecular formula is C14H21F. The molecule has 0 unspecified atom stereocenters. The Morgan fingerprint density at radius 3 is 2.13 bits per heavy atom. The average Bonchev–Trinajstić information content (AvgIpc) is 2.25. The van der Waals surface area contributed by atoms with Crippen LogP contribution in [0.3, 0.4) is 0 Å². The first-order valence-corrected chi connectivity index (χ1v) is 6.05. The lowest BCUT2D eigenvalue weighted by Crippen LogP contribution is -1.96. The van der Waals surface area contributed by atoms with Crippen molar-refractivity contribution in [1.82, 2.24) is 0 Å². The van der Waals surface area contributed by atoms with Crippen molar-refractivity contribution in [2.45, 2.75) is 52.4 Å². The van der Waals surface area contributed by atoms with E-state index in [9.17, 15) is 4.39 Å². The lowest BCUT2D eigenvalue weighted by molar-refractivity contribution is 0.621. The fourth-order valence-corrected chi connectivity index (χ4v) is 1.81. The van der Waals surface area contributed by atoms with Gasteiger partial charge in [-0.25, -0.2) is 4.39 Å². The molecule has 1 heteroatoms. The zero-order valence-electron chi connectivity index (χ0n) is 9.85. The Labute approximate surface area is 92.5 Å². The van der Waals surface area contributed by atoms with E-state index in [4.69, 9.17) is 0 Å². The molecule has 1 rings (SSSR count). The van der Waals surface area contributed by atoms with Gasteiger partial charge in [0.25, 0.3) is 0 Å². The fourth-order valence-electron chi connectivity index (χ4n) is 1.81. The monoisotopic (exact) mass is 208 g/mol. The molecule has 0 atom stereocenters. The van der Waals surface area contributed by atoms with Crippen LogP contribution in [-0.2, 0) is 12.8 Å². The van der Waals surface area contributed by atoms with Crippen LogP contribution in [-0.4, -0.2) is 0 Å². The number of rotatable bonds is 6. The van der Waals surface area contributed by atoms with E-state index in [0.29, 0.717) is 0 Å². The van der Waals surface area contributed by atoms with Crippen molar-refractivity contribution in [2.24, 2.45) is 0 Å². The van der Waals surface area contributed by atoms with Crippen LogP contribution in [0.4, 0.5) is 4.39 Å². The topological polar surface area (TPSA) is 0 Å². The van der Waals surface area contributed by atoms with Crippen molar-refractivity contribution in [3.8, 4) is 0 Å². The summed E-state index contributed by atoms with van der Waals surface area (Å²) < 4.78 is 13.1. The zero-order chi connectivity index (χ0) is 11.1. The van der Waals surface area contributed by atoms with Crippen LogP contribution >= 0.6 is 0 Å². The summed E-state index contributed by atoms with van der Waals surface area (Å²) in [6.45, 7) is 4.36. The molecule has 1 aromatic rings. The minimum atomic E-state index is -0.0960. The van der Waals surface area contributed by atoms with Crippen molar-refractivity contribution >= 4 is 0 Å². The standard InChI is InChI=1S/C14H21F/c1-3-5-7-12-9-10-14(15)11-13(12)8-6-4-2/h9-11H,3-8H2,1-2H3. The van der Waals surface area contributed by atoms with Crippen molar-refractivity contribution in [3.63, 3.8) is 0 Å². The molecular weight excluding hydrogens is 187 g/mol. The van der Waals surface area contributed by atoms with Crippen molar-refractivity contribution in [2.75, 3.05) is 0 Å². The second-order valence-electron chi connectivity index (χ2n) is 4.12. The average molecular weight is 208 g/mol. The van der Waals surface area contributed by atoms with Gasteiger partial charge in [0.2, 0.25) is 0 Å². The van der Waals surface area contributed by atoms with Crippen molar-refractivity contribution in [1.29, 1.82) is 0 Å². The van der Waals surface area contributed by atoms with Gasteiger partial charge in [0.15, 0.2) is 0 Å². The lowest BCUT2D eigenvalue weighted by atomic mass is 9.98. The molecule has 0 radical (unpaired) electrons. The molecule has 0 bridgehead atoms. The second-order valence-corrected chi connectivity index (χ2v) is 4.12. The maximum atomic E-state index is 13.1. The highest BCUT2D eigenvalue weighted by molar-refractivity contribution is 5.28. The molecule has 0 aliphatic heterocycles. The Hall–Kier alpha value is -0.850. The van der Waals surface area contributed by atoms with E-state index in [2.05, 4.69) is 13.8 Å². The van der Waals surface area contributed by atoms with Crippen LogP contribution in [0.2, 0.25) is 0 Å². The van der Waals surface area contributed by atoms with Crippen LogP contribution in [0.1, 0.15) is 50.7 Å². The van der Waals surface area contributed by atoms with Gasteiger partial charge >= 0.3 is 0 Å². The number of aryl methyl sites for hydroxylation is 2. The molecule has 0 nitrogen and oxygen atoms in total. The third kappa shape index (κ3) is 4.03. The predicted octanol–water partition coefficient (Wildman–Crippen LogP) is 4.51. The van der Waals surface area contributed by atoms with Gasteiger partial charge in [-0.05, 0) is 48.9 Å². The van der Waals surface area contributed by atoms with E-state index in [-0.39, 0.29) is 5.82 Å². The summed E-state index contributed by atoms with van der Waals surface area (Å²) in [6.07, 6.45) is 6.84. The second kappa shape index (κ2) is 6.60. The van der Waals surface area contributed by atoms with E-state index in [1.807, 2.05) is 6.07 Å². The number of hydrogen-bond donors (Lipinski definition) is 0. The van der Waals surface area contributed by atoms with E-state index < -0.39 is 0 Å². The van der Waals surface area contributed by atoms with Gasteiger partial charge in [-0.1, -0.05) is 32.8 Å². The summed E-state index contributed by atoms with van der Waals surface area (Å²) in [5.74, 6) is -0.0960. The molecule has 0 aliphatic carbocycles. The van der Waals surface area contributed by atoms with Crippen LogP contribution in [0.5, 0.6) is 0 Å². The summed E-state index contributed by atoms with van der Waals surface area (Å²) in [7, 11) is 0. The van der Waals surface area contributed by atoms with Crippen LogP contribution in [0.25, 0.3) is 0 Å². The summed E-state index contributed by atoms with van der Waals surface area (Å²) in [4.78, 5) is 0. The normalized spacial score (nSPS) is 10.6. The van der Waals surface area contributed by atoms with Crippen molar-refractivity contribution in [3.05, 3.63) is 35.1 Å². The zero-order valence-corrected chi connectivity index (χ0v) is 9.85. The quantitative estimate of drug-likeness (QED) is 0.645. The Morgan fingerprint density at radius 1 is 0.933 bits per heavy atom. The molecule has 1 aromatic carbocycles. The molecule has 84 valence electrons. The number of benzene rings is 1. The molecule has 0 aliphatic rings. The molecule has 0 spiro atoms. The first-order chi connectivity index (χ1) is 7.27. The molecule has 0 N–H and O–H groups in total. The third-order valence-corrected chi connectivity index (χ3v) is 2.77. The molecule has 0 amide bonds. The van der Waals surface area contributed by atoms with E-state index in [1.165, 1.54) is 30.4 Å². The first-order valence-electron chi connectivity index (χ1n) is 6.05. The van der Waals surface area contributed by atoms with Gasteiger partial charge in [-0.15, -0.1) is 0 Å². The van der Waals surface area contributed by atoms with E-state index in [1.54, 1.807) is 12.1 Å². The Kier molecular flexibility index (Phi) is 5.38. The molecule has 0 saturated carbocycles. The van der Waals surface area contributed by atoms with Gasteiger partial charge in [-0.3, -0.25) is 0 Å². The Bertz CT molecular complexity index is 291. The third-order valence-electron chi connectivity index (χ3n) is 2.77. The highest BCUT2D eigenvalue weighted by Gasteiger charge is 2.03. The largest absolute Gasteiger partial charge is 0.207 e. The summed E-state index contributed by atoms with van der Waals surface area (Å²) in [5.41, 5.74) is 2.55. The van der Waals surface area contributed by atoms with E-state index >= 15 is 0 Å². The molecule has 0 saturated heterocycles. The molecule has 0 heterocycles. The lowest BCUT2D eigenvalue weighted by Gasteiger charge is -2.08.